The Morgan fingerprint density at radius 3 is 2.76 bits per heavy atom. The molecule has 1 rings (SSSR count). The number of carbonyl (C=O) groups is 1. The average molecular weight is 298 g/mol. The summed E-state index contributed by atoms with van der Waals surface area (Å²) >= 11 is 0. The highest BCUT2D eigenvalue weighted by molar-refractivity contribution is 5.84. The van der Waals surface area contributed by atoms with Crippen molar-refractivity contribution in [2.24, 2.45) is 5.73 Å². The van der Waals surface area contributed by atoms with Gasteiger partial charge in [-0.15, -0.1) is 0 Å². The Hall–Kier alpha value is -0.650. The Morgan fingerprint density at radius 2 is 2.14 bits per heavy atom. The molecule has 1 amide bonds. The van der Waals surface area contributed by atoms with Gasteiger partial charge in [-0.3, -0.25) is 9.69 Å². The molecule has 5 nitrogen and oxygen atoms in total. The van der Waals surface area contributed by atoms with E-state index in [4.69, 9.17) is 5.73 Å². The Bertz CT molecular complexity index is 323. The molecule has 0 aromatic rings. The maximum Gasteiger partial charge on any atom is 0.237 e. The fourth-order valence-corrected chi connectivity index (χ4v) is 3.09. The van der Waals surface area contributed by atoms with E-state index in [2.05, 4.69) is 36.0 Å². The largest absolute Gasteiger partial charge is 0.368 e. The number of primary amides is 1. The minimum absolute atomic E-state index is 0.236. The monoisotopic (exact) mass is 298 g/mol. The molecule has 2 unspecified atom stereocenters. The number of likely N-dealkylation sites (N-methyl/N-ethyl adjacent to an activating group) is 1. The third-order valence-corrected chi connectivity index (χ3v) is 4.62. The van der Waals surface area contributed by atoms with Gasteiger partial charge >= 0.3 is 0 Å². The lowest BCUT2D eigenvalue weighted by molar-refractivity contribution is -0.124. The smallest absolute Gasteiger partial charge is 0.237 e. The van der Waals surface area contributed by atoms with Crippen molar-refractivity contribution in [1.29, 1.82) is 0 Å². The van der Waals surface area contributed by atoms with Crippen molar-refractivity contribution in [2.75, 3.05) is 39.8 Å². The first-order valence-electron chi connectivity index (χ1n) is 8.36. The first-order chi connectivity index (χ1) is 9.89. The number of carbonyl (C=O) groups excluding carboxylic acids is 1. The van der Waals surface area contributed by atoms with E-state index < -0.39 is 5.54 Å². The van der Waals surface area contributed by atoms with Crippen LogP contribution in [0.15, 0.2) is 0 Å². The zero-order chi connectivity index (χ0) is 15.9. The molecule has 2 atom stereocenters. The maximum atomic E-state index is 11.7. The van der Waals surface area contributed by atoms with E-state index in [-0.39, 0.29) is 5.91 Å². The van der Waals surface area contributed by atoms with Crippen LogP contribution in [0.1, 0.15) is 46.5 Å². The molecule has 0 aromatic carbocycles. The number of amides is 1. The molecule has 0 radical (unpaired) electrons. The van der Waals surface area contributed by atoms with Gasteiger partial charge in [-0.1, -0.05) is 6.92 Å². The summed E-state index contributed by atoms with van der Waals surface area (Å²) in [6, 6.07) is 0.584. The molecule has 0 saturated carbocycles. The minimum Gasteiger partial charge on any atom is -0.368 e. The van der Waals surface area contributed by atoms with Gasteiger partial charge in [0.05, 0.1) is 5.54 Å². The van der Waals surface area contributed by atoms with Gasteiger partial charge in [0.15, 0.2) is 0 Å². The highest BCUT2D eigenvalue weighted by atomic mass is 16.1. The molecule has 21 heavy (non-hydrogen) atoms. The summed E-state index contributed by atoms with van der Waals surface area (Å²) in [5.41, 5.74) is 5.01. The van der Waals surface area contributed by atoms with Gasteiger partial charge in [0.2, 0.25) is 5.91 Å². The van der Waals surface area contributed by atoms with E-state index in [9.17, 15) is 4.79 Å². The molecule has 3 N–H and O–H groups in total. The van der Waals surface area contributed by atoms with E-state index in [0.717, 1.165) is 45.4 Å². The quantitative estimate of drug-likeness (QED) is 0.703. The van der Waals surface area contributed by atoms with Crippen molar-refractivity contribution in [2.45, 2.75) is 58.0 Å². The SMILES string of the molecule is CCCNC(C)(CCCN1CCCN(C)CC1C)C(N)=O. The first-order valence-corrected chi connectivity index (χ1v) is 8.36. The summed E-state index contributed by atoms with van der Waals surface area (Å²) in [7, 11) is 2.19. The summed E-state index contributed by atoms with van der Waals surface area (Å²) in [6.07, 6.45) is 4.05. The third-order valence-electron chi connectivity index (χ3n) is 4.62. The van der Waals surface area contributed by atoms with Gasteiger partial charge in [0.1, 0.15) is 0 Å². The maximum absolute atomic E-state index is 11.7. The molecule has 1 saturated heterocycles. The molecule has 0 aliphatic carbocycles. The zero-order valence-corrected chi connectivity index (χ0v) is 14.3. The predicted octanol–water partition coefficient (Wildman–Crippen LogP) is 1.04. The lowest BCUT2D eigenvalue weighted by Gasteiger charge is -2.31. The van der Waals surface area contributed by atoms with Crippen LogP contribution in [-0.4, -0.2) is 67.1 Å². The number of rotatable bonds is 8. The van der Waals surface area contributed by atoms with E-state index >= 15 is 0 Å². The Morgan fingerprint density at radius 1 is 1.43 bits per heavy atom. The number of nitrogens with two attached hydrogens (primary N) is 1. The second-order valence-electron chi connectivity index (χ2n) is 6.73. The van der Waals surface area contributed by atoms with Gasteiger partial charge in [-0.2, -0.15) is 0 Å². The lowest BCUT2D eigenvalue weighted by Crippen LogP contribution is -2.53. The van der Waals surface area contributed by atoms with Gasteiger partial charge in [-0.25, -0.2) is 0 Å². The first kappa shape index (κ1) is 18.4. The standard InChI is InChI=1S/C16H34N4O/c1-5-9-18-16(3,15(17)21)8-6-11-20-12-7-10-19(4)13-14(20)2/h14,18H,5-13H2,1-4H3,(H2,17,21). The van der Waals surface area contributed by atoms with Crippen LogP contribution in [0.4, 0.5) is 0 Å². The third kappa shape index (κ3) is 5.93. The van der Waals surface area contributed by atoms with E-state index in [0.29, 0.717) is 6.04 Å². The molecule has 1 aliphatic rings. The highest BCUT2D eigenvalue weighted by Gasteiger charge is 2.30. The van der Waals surface area contributed by atoms with Crippen molar-refractivity contribution >= 4 is 5.91 Å². The molecule has 0 aromatic heterocycles. The highest BCUT2D eigenvalue weighted by Crippen LogP contribution is 2.15. The molecule has 1 heterocycles. The Labute approximate surface area is 130 Å². The zero-order valence-electron chi connectivity index (χ0n) is 14.3. The van der Waals surface area contributed by atoms with Crippen LogP contribution in [0.25, 0.3) is 0 Å². The summed E-state index contributed by atoms with van der Waals surface area (Å²) in [5, 5.41) is 3.31. The Balaban J connectivity index is 2.44. The second kappa shape index (κ2) is 8.71. The number of nitrogens with one attached hydrogen (secondary N) is 1. The Kier molecular flexibility index (Phi) is 7.63. The number of hydrogen-bond acceptors (Lipinski definition) is 4. The van der Waals surface area contributed by atoms with Gasteiger partial charge in [0, 0.05) is 12.6 Å². The van der Waals surface area contributed by atoms with Gasteiger partial charge in [-0.05, 0) is 72.8 Å². The predicted molar refractivity (Wildman–Crippen MR) is 88.3 cm³/mol. The van der Waals surface area contributed by atoms with Crippen LogP contribution in [0.3, 0.4) is 0 Å². The van der Waals surface area contributed by atoms with Gasteiger partial charge < -0.3 is 16.0 Å². The second-order valence-corrected chi connectivity index (χ2v) is 6.73. The number of nitrogens with zero attached hydrogens (tertiary/aromatic N) is 2. The lowest BCUT2D eigenvalue weighted by atomic mass is 9.94. The van der Waals surface area contributed by atoms with Crippen molar-refractivity contribution in [3.05, 3.63) is 0 Å². The summed E-state index contributed by atoms with van der Waals surface area (Å²) in [6.45, 7) is 11.7. The molecule has 1 fully saturated rings. The summed E-state index contributed by atoms with van der Waals surface area (Å²) < 4.78 is 0. The van der Waals surface area contributed by atoms with Crippen molar-refractivity contribution in [3.8, 4) is 0 Å². The van der Waals surface area contributed by atoms with Crippen LogP contribution in [0.5, 0.6) is 0 Å². The topological polar surface area (TPSA) is 61.6 Å². The molecule has 0 spiro atoms. The summed E-state index contributed by atoms with van der Waals surface area (Å²) in [4.78, 5) is 16.7. The minimum atomic E-state index is -0.568. The number of hydrogen-bond donors (Lipinski definition) is 2. The molecule has 5 heteroatoms. The van der Waals surface area contributed by atoms with Crippen molar-refractivity contribution in [1.82, 2.24) is 15.1 Å². The molecule has 124 valence electrons. The van der Waals surface area contributed by atoms with E-state index in [1.54, 1.807) is 0 Å². The molecule has 0 bridgehead atoms. The van der Waals surface area contributed by atoms with Crippen LogP contribution >= 0.6 is 0 Å². The molecule has 1 aliphatic heterocycles. The summed E-state index contributed by atoms with van der Waals surface area (Å²) in [5.74, 6) is -0.236. The van der Waals surface area contributed by atoms with Crippen LogP contribution in [0, 0.1) is 0 Å². The fourth-order valence-electron chi connectivity index (χ4n) is 3.09. The van der Waals surface area contributed by atoms with Crippen LogP contribution in [-0.2, 0) is 4.79 Å². The fraction of sp³-hybridized carbons (Fsp3) is 0.938. The van der Waals surface area contributed by atoms with Crippen molar-refractivity contribution < 1.29 is 4.79 Å². The van der Waals surface area contributed by atoms with Crippen LogP contribution in [0.2, 0.25) is 0 Å². The molecular formula is C16H34N4O. The normalized spacial score (nSPS) is 24.5. The van der Waals surface area contributed by atoms with E-state index in [1.807, 2.05) is 6.92 Å². The van der Waals surface area contributed by atoms with Crippen molar-refractivity contribution in [3.63, 3.8) is 0 Å². The molecular weight excluding hydrogens is 264 g/mol. The van der Waals surface area contributed by atoms with Gasteiger partial charge in [0.25, 0.3) is 0 Å². The van der Waals surface area contributed by atoms with Crippen LogP contribution < -0.4 is 11.1 Å². The average Bonchev–Trinajstić information content (AvgIpc) is 2.57. The van der Waals surface area contributed by atoms with E-state index in [1.165, 1.54) is 13.0 Å².